The maximum absolute atomic E-state index is 13.3. The first-order valence-electron chi connectivity index (χ1n) is 9.32. The van der Waals surface area contributed by atoms with Crippen molar-refractivity contribution in [1.82, 2.24) is 0 Å². The van der Waals surface area contributed by atoms with E-state index in [-0.39, 0.29) is 17.4 Å². The van der Waals surface area contributed by atoms with E-state index < -0.39 is 0 Å². The van der Waals surface area contributed by atoms with Gasteiger partial charge in [-0.2, -0.15) is 0 Å². The molecule has 2 atom stereocenters. The van der Waals surface area contributed by atoms with Gasteiger partial charge >= 0.3 is 0 Å². The summed E-state index contributed by atoms with van der Waals surface area (Å²) < 4.78 is 0. The summed E-state index contributed by atoms with van der Waals surface area (Å²) in [6, 6.07) is 24.7. The van der Waals surface area contributed by atoms with Gasteiger partial charge in [0.05, 0.1) is 6.04 Å². The van der Waals surface area contributed by atoms with Gasteiger partial charge in [0.25, 0.3) is 5.91 Å². The van der Waals surface area contributed by atoms with E-state index in [2.05, 4.69) is 69.0 Å². The zero-order valence-electron chi connectivity index (χ0n) is 15.6. The summed E-state index contributed by atoms with van der Waals surface area (Å²) in [4.78, 5) is 15.2. The van der Waals surface area contributed by atoms with Crippen LogP contribution in [0.15, 0.2) is 84.9 Å². The number of fused-ring (bicyclic) bond motifs is 5. The van der Waals surface area contributed by atoms with Gasteiger partial charge in [-0.05, 0) is 48.2 Å². The van der Waals surface area contributed by atoms with Crippen LogP contribution in [0.4, 0.5) is 5.69 Å². The lowest BCUT2D eigenvalue weighted by Crippen LogP contribution is -2.42. The smallest absolute Gasteiger partial charge is 0.259 e. The Morgan fingerprint density at radius 2 is 1.67 bits per heavy atom. The number of hydrogen-bond donors (Lipinski definition) is 0. The van der Waals surface area contributed by atoms with Crippen molar-refractivity contribution in [2.24, 2.45) is 0 Å². The second-order valence-electron chi connectivity index (χ2n) is 7.70. The Balaban J connectivity index is 1.85. The average Bonchev–Trinajstić information content (AvgIpc) is 3.00. The van der Waals surface area contributed by atoms with Crippen LogP contribution in [-0.2, 0) is 5.41 Å². The first-order chi connectivity index (χ1) is 13.0. The van der Waals surface area contributed by atoms with Crippen molar-refractivity contribution in [2.75, 3.05) is 4.90 Å². The second-order valence-corrected chi connectivity index (χ2v) is 7.70. The number of carbonyl (C=O) groups excluding carboxylic acids is 1. The first kappa shape index (κ1) is 16.1. The lowest BCUT2D eigenvalue weighted by molar-refractivity contribution is 0.0991. The highest BCUT2D eigenvalue weighted by atomic mass is 16.2. The molecule has 0 bridgehead atoms. The molecule has 0 radical (unpaired) electrons. The number of carbonyl (C=O) groups is 1. The molecule has 2 nitrogen and oxygen atoms in total. The number of amides is 1. The molecule has 0 saturated heterocycles. The molecule has 2 aliphatic heterocycles. The van der Waals surface area contributed by atoms with Gasteiger partial charge in [-0.15, -0.1) is 0 Å². The molecule has 0 spiro atoms. The van der Waals surface area contributed by atoms with Gasteiger partial charge in [0.2, 0.25) is 0 Å². The van der Waals surface area contributed by atoms with E-state index in [0.29, 0.717) is 0 Å². The minimum absolute atomic E-state index is 0.0666. The lowest BCUT2D eigenvalue weighted by Gasteiger charge is -2.46. The Morgan fingerprint density at radius 1 is 0.963 bits per heavy atom. The van der Waals surface area contributed by atoms with Crippen LogP contribution in [0.3, 0.4) is 0 Å². The Morgan fingerprint density at radius 3 is 2.44 bits per heavy atom. The molecule has 27 heavy (non-hydrogen) atoms. The summed E-state index contributed by atoms with van der Waals surface area (Å²) in [7, 11) is 0. The third-order valence-corrected chi connectivity index (χ3v) is 6.24. The maximum Gasteiger partial charge on any atom is 0.259 e. The van der Waals surface area contributed by atoms with Crippen LogP contribution >= 0.6 is 0 Å². The molecule has 3 aromatic carbocycles. The molecule has 1 amide bonds. The van der Waals surface area contributed by atoms with Gasteiger partial charge < -0.3 is 0 Å². The van der Waals surface area contributed by atoms with Crippen LogP contribution in [0.5, 0.6) is 0 Å². The van der Waals surface area contributed by atoms with E-state index in [1.807, 2.05) is 29.2 Å². The van der Waals surface area contributed by atoms with Crippen molar-refractivity contribution >= 4 is 11.6 Å². The number of hydrogen-bond acceptors (Lipinski definition) is 1. The molecule has 2 heterocycles. The zero-order valence-corrected chi connectivity index (χ0v) is 15.6. The van der Waals surface area contributed by atoms with Crippen LogP contribution in [0.1, 0.15) is 45.6 Å². The quantitative estimate of drug-likeness (QED) is 0.525. The molecular formula is C25H21NO. The van der Waals surface area contributed by atoms with Crippen molar-refractivity contribution in [1.29, 1.82) is 0 Å². The summed E-state index contributed by atoms with van der Waals surface area (Å²) in [6.07, 6.45) is 0. The van der Waals surface area contributed by atoms with E-state index in [1.54, 1.807) is 0 Å². The van der Waals surface area contributed by atoms with E-state index in [0.717, 1.165) is 28.0 Å². The Hall–Kier alpha value is -3.13. The van der Waals surface area contributed by atoms with Gasteiger partial charge in [-0.1, -0.05) is 72.8 Å². The number of aryl methyl sites for hydroxylation is 1. The predicted octanol–water partition coefficient (Wildman–Crippen LogP) is 5.57. The average molecular weight is 351 g/mol. The van der Waals surface area contributed by atoms with Crippen molar-refractivity contribution in [3.8, 4) is 0 Å². The first-order valence-corrected chi connectivity index (χ1v) is 9.32. The molecule has 0 N–H and O–H groups in total. The fraction of sp³-hybridized carbons (Fsp3) is 0.160. The standard InChI is InChI=1S/C25H21NO/c1-16-13-14-22-21(15-16)25(3,18-9-5-4-6-10-18)17(2)23-19-11-7-8-12-20(19)24(27)26(22)23/h4-15,23H,2H2,1,3H3/t23-,25-/m1/s1. The third-order valence-electron chi connectivity index (χ3n) is 6.24. The highest BCUT2D eigenvalue weighted by Gasteiger charge is 2.51. The molecule has 2 aliphatic rings. The van der Waals surface area contributed by atoms with Gasteiger partial charge in [0.15, 0.2) is 0 Å². The van der Waals surface area contributed by atoms with Crippen molar-refractivity contribution in [3.63, 3.8) is 0 Å². The van der Waals surface area contributed by atoms with E-state index >= 15 is 0 Å². The normalized spacial score (nSPS) is 23.0. The molecule has 0 aliphatic carbocycles. The Bertz CT molecular complexity index is 1100. The molecule has 0 unspecified atom stereocenters. The molecule has 0 aromatic heterocycles. The zero-order chi connectivity index (χ0) is 18.8. The summed E-state index contributed by atoms with van der Waals surface area (Å²) >= 11 is 0. The van der Waals surface area contributed by atoms with Crippen LogP contribution in [0, 0.1) is 6.92 Å². The topological polar surface area (TPSA) is 20.3 Å². The Kier molecular flexibility index (Phi) is 3.23. The third kappa shape index (κ3) is 1.98. The highest BCUT2D eigenvalue weighted by Crippen LogP contribution is 2.56. The van der Waals surface area contributed by atoms with E-state index in [1.165, 1.54) is 11.1 Å². The predicted molar refractivity (Wildman–Crippen MR) is 109 cm³/mol. The fourth-order valence-corrected chi connectivity index (χ4v) is 4.73. The van der Waals surface area contributed by atoms with Gasteiger partial charge in [0.1, 0.15) is 0 Å². The van der Waals surface area contributed by atoms with Gasteiger partial charge in [-0.3, -0.25) is 9.69 Å². The summed E-state index contributed by atoms with van der Waals surface area (Å²) in [5, 5.41) is 0. The Labute approximate surface area is 159 Å². The largest absolute Gasteiger partial charge is 0.297 e. The molecule has 0 fully saturated rings. The maximum atomic E-state index is 13.3. The number of benzene rings is 3. The van der Waals surface area contributed by atoms with Crippen molar-refractivity contribution in [2.45, 2.75) is 25.3 Å². The molecule has 3 aromatic rings. The minimum Gasteiger partial charge on any atom is -0.297 e. The van der Waals surface area contributed by atoms with Crippen molar-refractivity contribution < 1.29 is 4.79 Å². The molecule has 132 valence electrons. The SMILES string of the molecule is C=C1[C@@H]2c3ccccc3C(=O)N2c2ccc(C)cc2[C@@]1(C)c1ccccc1. The summed E-state index contributed by atoms with van der Waals surface area (Å²) in [5.74, 6) is 0.0666. The van der Waals surface area contributed by atoms with E-state index in [4.69, 9.17) is 0 Å². The monoisotopic (exact) mass is 351 g/mol. The van der Waals surface area contributed by atoms with Gasteiger partial charge in [0, 0.05) is 16.7 Å². The molecule has 2 heteroatoms. The van der Waals surface area contributed by atoms with E-state index in [9.17, 15) is 4.79 Å². The molecular weight excluding hydrogens is 330 g/mol. The lowest BCUT2D eigenvalue weighted by atomic mass is 9.65. The second kappa shape index (κ2) is 5.43. The summed E-state index contributed by atoms with van der Waals surface area (Å²) in [5.41, 5.74) is 7.06. The number of anilines is 1. The number of rotatable bonds is 1. The summed E-state index contributed by atoms with van der Waals surface area (Å²) in [6.45, 7) is 8.89. The van der Waals surface area contributed by atoms with Gasteiger partial charge in [-0.25, -0.2) is 0 Å². The number of nitrogens with zero attached hydrogens (tertiary/aromatic N) is 1. The van der Waals surface area contributed by atoms with Crippen LogP contribution in [0.2, 0.25) is 0 Å². The molecule has 0 saturated carbocycles. The van der Waals surface area contributed by atoms with Crippen LogP contribution < -0.4 is 4.90 Å². The molecule has 5 rings (SSSR count). The van der Waals surface area contributed by atoms with Crippen LogP contribution in [0.25, 0.3) is 0 Å². The fourth-order valence-electron chi connectivity index (χ4n) is 4.73. The minimum atomic E-state index is -0.360. The highest BCUT2D eigenvalue weighted by molar-refractivity contribution is 6.13. The van der Waals surface area contributed by atoms with Crippen LogP contribution in [-0.4, -0.2) is 5.91 Å². The van der Waals surface area contributed by atoms with Crippen molar-refractivity contribution in [3.05, 3.63) is 113 Å².